The summed E-state index contributed by atoms with van der Waals surface area (Å²) in [6, 6.07) is 7.16. The summed E-state index contributed by atoms with van der Waals surface area (Å²) in [5.41, 5.74) is 2.98. The minimum absolute atomic E-state index is 0.168. The third-order valence-corrected chi connectivity index (χ3v) is 3.54. The Labute approximate surface area is 131 Å². The summed E-state index contributed by atoms with van der Waals surface area (Å²) < 4.78 is 1.69. The second kappa shape index (κ2) is 5.13. The predicted molar refractivity (Wildman–Crippen MR) is 82.2 cm³/mol. The first-order valence-electron chi connectivity index (χ1n) is 7.00. The first-order chi connectivity index (χ1) is 11.2. The number of carbonyl (C=O) groups is 2. The van der Waals surface area contributed by atoms with Crippen LogP contribution < -0.4 is 5.32 Å². The molecule has 4 heterocycles. The van der Waals surface area contributed by atoms with Crippen LogP contribution in [0.1, 0.15) is 16.9 Å². The Morgan fingerprint density at radius 1 is 1.13 bits per heavy atom. The number of amides is 1. The number of fused-ring (bicyclic) bond motifs is 1. The Bertz CT molecular complexity index is 917. The lowest BCUT2D eigenvalue weighted by Crippen LogP contribution is -2.25. The fourth-order valence-corrected chi connectivity index (χ4v) is 2.44. The lowest BCUT2D eigenvalue weighted by Gasteiger charge is -2.15. The Kier molecular flexibility index (Phi) is 2.97. The van der Waals surface area contributed by atoms with Gasteiger partial charge in [0.2, 0.25) is 5.91 Å². The molecule has 1 amide bonds. The summed E-state index contributed by atoms with van der Waals surface area (Å²) in [5.74, 6) is -0.577. The topological polar surface area (TPSA) is 89.8 Å². The van der Waals surface area contributed by atoms with E-state index >= 15 is 0 Å². The number of anilines is 1. The van der Waals surface area contributed by atoms with E-state index in [4.69, 9.17) is 0 Å². The van der Waals surface area contributed by atoms with Crippen LogP contribution in [0.25, 0.3) is 16.9 Å². The lowest BCUT2D eigenvalue weighted by molar-refractivity contribution is -0.115. The van der Waals surface area contributed by atoms with Crippen molar-refractivity contribution in [1.29, 1.82) is 0 Å². The summed E-state index contributed by atoms with van der Waals surface area (Å²) in [4.78, 5) is 31.8. The minimum Gasteiger partial charge on any atom is -0.324 e. The van der Waals surface area contributed by atoms with Gasteiger partial charge in [-0.15, -0.1) is 0 Å². The number of ketones is 1. The predicted octanol–water partition coefficient (Wildman–Crippen LogP) is 1.85. The number of Topliss-reactive ketones (excluding diaryl/α,β-unsaturated/α-hetero) is 1. The zero-order valence-corrected chi connectivity index (χ0v) is 11.9. The molecule has 1 N–H and O–H groups in total. The second-order valence-corrected chi connectivity index (χ2v) is 5.13. The van der Waals surface area contributed by atoms with E-state index in [-0.39, 0.29) is 23.8 Å². The van der Waals surface area contributed by atoms with E-state index in [1.807, 2.05) is 18.3 Å². The van der Waals surface area contributed by atoms with E-state index in [0.29, 0.717) is 11.4 Å². The highest BCUT2D eigenvalue weighted by Crippen LogP contribution is 2.25. The Morgan fingerprint density at radius 2 is 2.04 bits per heavy atom. The van der Waals surface area contributed by atoms with E-state index in [1.54, 1.807) is 35.4 Å². The average Bonchev–Trinajstić information content (AvgIpc) is 3.05. The van der Waals surface area contributed by atoms with Gasteiger partial charge in [-0.25, -0.2) is 9.67 Å². The van der Waals surface area contributed by atoms with Crippen molar-refractivity contribution in [2.75, 3.05) is 5.32 Å². The number of hydrogen-bond acceptors (Lipinski definition) is 5. The molecule has 112 valence electrons. The molecule has 7 nitrogen and oxygen atoms in total. The molecule has 0 saturated heterocycles. The molecule has 0 spiro atoms. The van der Waals surface area contributed by atoms with Gasteiger partial charge in [-0.05, 0) is 24.3 Å². The molecule has 4 rings (SSSR count). The van der Waals surface area contributed by atoms with Crippen LogP contribution in [-0.4, -0.2) is 31.4 Å². The molecule has 3 aromatic heterocycles. The van der Waals surface area contributed by atoms with Gasteiger partial charge in [0.1, 0.15) is 5.69 Å². The van der Waals surface area contributed by atoms with Crippen LogP contribution in [0.15, 0.2) is 49.1 Å². The number of nitrogens with zero attached hydrogens (tertiary/aromatic N) is 4. The summed E-state index contributed by atoms with van der Waals surface area (Å²) in [7, 11) is 0. The van der Waals surface area contributed by atoms with Crippen molar-refractivity contribution in [1.82, 2.24) is 19.7 Å². The molecule has 3 aromatic rings. The van der Waals surface area contributed by atoms with Crippen molar-refractivity contribution in [2.45, 2.75) is 6.42 Å². The van der Waals surface area contributed by atoms with Crippen molar-refractivity contribution in [2.24, 2.45) is 0 Å². The molecule has 0 aromatic carbocycles. The normalized spacial score (nSPS) is 13.6. The molecule has 0 bridgehead atoms. The number of carbonyl (C=O) groups excluding carboxylic acids is 2. The first-order valence-corrected chi connectivity index (χ1v) is 7.00. The van der Waals surface area contributed by atoms with Gasteiger partial charge in [0.05, 0.1) is 35.9 Å². The molecular weight excluding hydrogens is 294 g/mol. The van der Waals surface area contributed by atoms with Crippen molar-refractivity contribution in [3.63, 3.8) is 0 Å². The monoisotopic (exact) mass is 305 g/mol. The molecule has 0 aliphatic carbocycles. The van der Waals surface area contributed by atoms with E-state index in [9.17, 15) is 9.59 Å². The van der Waals surface area contributed by atoms with E-state index in [1.165, 1.54) is 0 Å². The Balaban J connectivity index is 1.72. The van der Waals surface area contributed by atoms with Gasteiger partial charge < -0.3 is 5.32 Å². The highest BCUT2D eigenvalue weighted by Gasteiger charge is 2.24. The molecule has 0 unspecified atom stereocenters. The quantitative estimate of drug-likeness (QED) is 0.730. The maximum atomic E-state index is 12.0. The van der Waals surface area contributed by atoms with Gasteiger partial charge in [-0.3, -0.25) is 14.6 Å². The number of aromatic nitrogens is 4. The van der Waals surface area contributed by atoms with Gasteiger partial charge in [0, 0.05) is 18.0 Å². The van der Waals surface area contributed by atoms with Crippen LogP contribution in [0.3, 0.4) is 0 Å². The third kappa shape index (κ3) is 2.38. The molecule has 1 aliphatic heterocycles. The minimum atomic E-state index is -0.304. The smallest absolute Gasteiger partial charge is 0.232 e. The maximum Gasteiger partial charge on any atom is 0.232 e. The molecule has 0 fully saturated rings. The number of pyridine rings is 2. The number of hydrogen-bond donors (Lipinski definition) is 1. The molecule has 23 heavy (non-hydrogen) atoms. The third-order valence-electron chi connectivity index (χ3n) is 3.54. The summed E-state index contributed by atoms with van der Waals surface area (Å²) >= 11 is 0. The molecule has 0 radical (unpaired) electrons. The van der Waals surface area contributed by atoms with E-state index in [0.717, 1.165) is 11.3 Å². The highest BCUT2D eigenvalue weighted by molar-refractivity contribution is 6.17. The largest absolute Gasteiger partial charge is 0.324 e. The van der Waals surface area contributed by atoms with Gasteiger partial charge in [-0.2, -0.15) is 5.10 Å². The second-order valence-electron chi connectivity index (χ2n) is 5.13. The fraction of sp³-hybridized carbons (Fsp3) is 0.0625. The molecule has 7 heteroatoms. The lowest BCUT2D eigenvalue weighted by atomic mass is 10.1. The van der Waals surface area contributed by atoms with Crippen molar-refractivity contribution in [3.05, 3.63) is 54.7 Å². The van der Waals surface area contributed by atoms with Crippen LogP contribution in [0.5, 0.6) is 0 Å². The summed E-state index contributed by atoms with van der Waals surface area (Å²) in [6.45, 7) is 0. The highest BCUT2D eigenvalue weighted by atomic mass is 16.2. The molecular formula is C16H11N5O2. The van der Waals surface area contributed by atoms with Gasteiger partial charge in [0.25, 0.3) is 0 Å². The van der Waals surface area contributed by atoms with Crippen molar-refractivity contribution < 1.29 is 9.59 Å². The fourth-order valence-electron chi connectivity index (χ4n) is 2.44. The van der Waals surface area contributed by atoms with Crippen molar-refractivity contribution >= 4 is 17.4 Å². The van der Waals surface area contributed by atoms with Crippen LogP contribution in [0, 0.1) is 0 Å². The summed E-state index contributed by atoms with van der Waals surface area (Å²) in [5, 5.41) is 6.94. The molecule has 1 aliphatic rings. The summed E-state index contributed by atoms with van der Waals surface area (Å²) in [6.07, 6.45) is 6.72. The van der Waals surface area contributed by atoms with Crippen LogP contribution in [-0.2, 0) is 4.79 Å². The van der Waals surface area contributed by atoms with Crippen molar-refractivity contribution in [3.8, 4) is 16.9 Å². The molecule has 0 atom stereocenters. The van der Waals surface area contributed by atoms with Gasteiger partial charge >= 0.3 is 0 Å². The van der Waals surface area contributed by atoms with Crippen LogP contribution in [0.2, 0.25) is 0 Å². The Morgan fingerprint density at radius 3 is 2.87 bits per heavy atom. The van der Waals surface area contributed by atoms with E-state index < -0.39 is 0 Å². The molecule has 0 saturated carbocycles. The zero-order valence-electron chi connectivity index (χ0n) is 11.9. The Hall–Kier alpha value is -3.35. The SMILES string of the molecule is O=C1CC(=O)c2nc(-c3cnn(-c4cccnc4)c3)ccc2N1. The maximum absolute atomic E-state index is 12.0. The van der Waals surface area contributed by atoms with Crippen LogP contribution in [0.4, 0.5) is 5.69 Å². The average molecular weight is 305 g/mol. The van der Waals surface area contributed by atoms with E-state index in [2.05, 4.69) is 20.4 Å². The van der Waals surface area contributed by atoms with Gasteiger partial charge in [-0.1, -0.05) is 0 Å². The van der Waals surface area contributed by atoms with Crippen LogP contribution >= 0.6 is 0 Å². The number of nitrogens with one attached hydrogen (secondary N) is 1. The zero-order chi connectivity index (χ0) is 15.8. The van der Waals surface area contributed by atoms with Gasteiger partial charge in [0.15, 0.2) is 5.78 Å². The first kappa shape index (κ1) is 13.3. The standard InChI is InChI=1S/C16H11N5O2/c22-14-6-15(23)19-13-4-3-12(20-16(13)14)10-7-18-21(9-10)11-2-1-5-17-8-11/h1-5,7-9H,6H2,(H,19,23). The number of rotatable bonds is 2.